The van der Waals surface area contributed by atoms with Gasteiger partial charge in [-0.1, -0.05) is 5.52 Å². The molecule has 1 amide bonds. The van der Waals surface area contributed by atoms with E-state index in [9.17, 15) is 4.79 Å². The topological polar surface area (TPSA) is 69.2 Å². The molecular weight excluding hydrogens is 867 g/mol. The maximum absolute atomic E-state index is 11.4. The van der Waals surface area contributed by atoms with Crippen molar-refractivity contribution in [2.45, 2.75) is 6.92 Å². The molecule has 0 aromatic carbocycles. The van der Waals surface area contributed by atoms with Gasteiger partial charge in [0.15, 0.2) is 4.90 Å². The molecule has 0 aliphatic carbocycles. The van der Waals surface area contributed by atoms with Gasteiger partial charge in [0.25, 0.3) is 0 Å². The molecule has 0 aliphatic heterocycles. The van der Waals surface area contributed by atoms with Crippen LogP contribution >= 0.6 is 11.3 Å². The first kappa shape index (κ1) is 23.6. The molecule has 3 aromatic heterocycles. The zero-order valence-electron chi connectivity index (χ0n) is 10.2. The number of nitrogens with zero attached hydrogens (tertiary/aromatic N) is 2. The maximum atomic E-state index is 11.4. The summed E-state index contributed by atoms with van der Waals surface area (Å²) in [6.45, 7) is 1.99. The molecule has 3 aromatic rings. The molecule has 0 spiro atoms. The van der Waals surface area contributed by atoms with E-state index in [1.54, 1.807) is 0 Å². The number of carbonyl (C=O) groups is 1. The smallest absolute Gasteiger partial charge is 0.242 e. The molecule has 10 heteroatoms. The van der Waals surface area contributed by atoms with Gasteiger partial charge in [-0.25, -0.2) is 0 Å². The van der Waals surface area contributed by atoms with Gasteiger partial charge >= 0.3 is 0 Å². The molecule has 3 rings (SSSR count). The van der Waals surface area contributed by atoms with Crippen LogP contribution in [0.15, 0.2) is 10.5 Å². The largest absolute Gasteiger partial charge is 0.571 e. The zero-order valence-corrected chi connectivity index (χ0v) is 22.7. The number of hydrogen-bond acceptors (Lipinski definition) is 4. The predicted molar refractivity (Wildman–Crippen MR) is 60.3 cm³/mol. The third-order valence-electron chi connectivity index (χ3n) is 2.33. The van der Waals surface area contributed by atoms with Crippen molar-refractivity contribution in [1.29, 1.82) is 0 Å². The number of thiophene rings is 1. The summed E-state index contributed by atoms with van der Waals surface area (Å²) in [5.74, 6) is -0.388. The molecule has 1 N–H and O–H groups in total. The maximum Gasteiger partial charge on any atom is 0.242 e. The Morgan fingerprint density at radius 1 is 1.45 bits per heavy atom. The standard InChI is InChI=1S/C10H8N3O2S.3W.Y/c1-4-3-5-6-8(15-10(5)16-4)7(13-12-6)9(14)11-2;;;;/h3H,2H2,1H3,(H2,11,12,13,14);;;;/q-1;;;;/p-1. The second-order valence-electron chi connectivity index (χ2n) is 3.39. The molecule has 0 atom stereocenters. The van der Waals surface area contributed by atoms with Gasteiger partial charge in [-0.2, -0.15) is 0 Å². The van der Waals surface area contributed by atoms with E-state index in [1.807, 2.05) is 13.0 Å². The van der Waals surface area contributed by atoms with E-state index < -0.39 is 0 Å². The molecule has 0 saturated heterocycles. The Hall–Kier alpha value is 1.35. The van der Waals surface area contributed by atoms with Crippen molar-refractivity contribution in [3.8, 4) is 0 Å². The minimum atomic E-state index is -0.388. The van der Waals surface area contributed by atoms with Crippen LogP contribution < -0.4 is 10.4 Å². The Labute approximate surface area is 187 Å². The fourth-order valence-electron chi connectivity index (χ4n) is 1.63. The van der Waals surface area contributed by atoms with Crippen LogP contribution in [0.2, 0.25) is 0 Å². The van der Waals surface area contributed by atoms with Gasteiger partial charge in [0.2, 0.25) is 5.91 Å². The van der Waals surface area contributed by atoms with Crippen molar-refractivity contribution >= 4 is 38.6 Å². The van der Waals surface area contributed by atoms with Gasteiger partial charge in [0.05, 0.1) is 0 Å². The van der Waals surface area contributed by atoms with Gasteiger partial charge in [0.1, 0.15) is 11.3 Å². The Bertz CT molecular complexity index is 709. The summed E-state index contributed by atoms with van der Waals surface area (Å²) in [7, 11) is 3.30. The van der Waals surface area contributed by atoms with E-state index in [2.05, 4.69) is 22.6 Å². The van der Waals surface area contributed by atoms with E-state index in [4.69, 9.17) is 4.42 Å². The number of nitrogens with one attached hydrogen (secondary N) is 1. The normalized spacial score (nSPS) is 9.10. The van der Waals surface area contributed by atoms with Crippen LogP contribution in [0, 0.1) is 14.0 Å². The number of furan rings is 1. The first-order chi connectivity index (χ1) is 7.70. The van der Waals surface area contributed by atoms with Gasteiger partial charge in [-0.3, -0.25) is 11.8 Å². The summed E-state index contributed by atoms with van der Waals surface area (Å²) in [6, 6.07) is 1.98. The van der Waals surface area contributed by atoms with E-state index in [0.717, 1.165) is 15.2 Å². The average molecular weight is 874 g/mol. The van der Waals surface area contributed by atoms with Crippen LogP contribution in [0.25, 0.3) is 21.4 Å². The number of rotatable bonds is 1. The fourth-order valence-corrected chi connectivity index (χ4v) is 2.49. The molecule has 0 aliphatic rings. The third kappa shape index (κ3) is 4.00. The van der Waals surface area contributed by atoms with Crippen molar-refractivity contribution < 1.29 is 105 Å². The molecule has 5 nitrogen and oxygen atoms in total. The summed E-state index contributed by atoms with van der Waals surface area (Å²) < 4.78 is 5.57. The molecule has 1 radical (unpaired) electrons. The van der Waals surface area contributed by atoms with E-state index in [0.29, 0.717) is 11.1 Å². The van der Waals surface area contributed by atoms with E-state index >= 15 is 0 Å². The summed E-state index contributed by atoms with van der Waals surface area (Å²) >= 11 is 1.53. The molecule has 0 unspecified atom stereocenters. The van der Waals surface area contributed by atoms with Gasteiger partial charge in [-0.05, 0) is 13.0 Å². The second kappa shape index (κ2) is 9.48. The van der Waals surface area contributed by atoms with Crippen molar-refractivity contribution in [1.82, 2.24) is 15.5 Å². The summed E-state index contributed by atoms with van der Waals surface area (Å²) in [5, 5.41) is 10.9. The van der Waals surface area contributed by atoms with E-state index in [1.165, 1.54) is 11.3 Å². The number of fused-ring (bicyclic) bond motifs is 3. The van der Waals surface area contributed by atoms with Crippen LogP contribution in [0.1, 0.15) is 15.4 Å². The van der Waals surface area contributed by atoms with Crippen LogP contribution in [-0.2, 0) is 95.9 Å². The Balaban J connectivity index is 0. The molecule has 20 heavy (non-hydrogen) atoms. The first-order valence-corrected chi connectivity index (χ1v) is 5.42. The molecular formula is C10H7N3O2SW3Y-2. The Morgan fingerprint density at radius 3 is 2.70 bits per heavy atom. The number of carbonyl (C=O) groups excluding carboxylic acids is 1. The van der Waals surface area contributed by atoms with Crippen LogP contribution in [-0.4, -0.2) is 11.0 Å². The quantitative estimate of drug-likeness (QED) is 0.380. The first-order valence-electron chi connectivity index (χ1n) is 4.60. The Morgan fingerprint density at radius 2 is 2.10 bits per heavy atom. The average Bonchev–Trinajstić information content (AvgIpc) is 2.87. The summed E-state index contributed by atoms with van der Waals surface area (Å²) in [6.07, 6.45) is 0. The van der Waals surface area contributed by atoms with Crippen LogP contribution in [0.3, 0.4) is 0 Å². The minimum Gasteiger partial charge on any atom is -0.571 e. The van der Waals surface area contributed by atoms with Gasteiger partial charge in [-0.15, -0.1) is 11.3 Å². The summed E-state index contributed by atoms with van der Waals surface area (Å²) in [5.41, 5.74) is 1.26. The SMILES string of the molecule is [CH2-]NC(=O)c1n[n-]c2c1oc1sc(C)cc12.[W].[W].[W].[Y]. The number of hydrogen-bond donors (Lipinski definition) is 1. The molecule has 0 bridgehead atoms. The van der Waals surface area contributed by atoms with Crippen LogP contribution in [0.4, 0.5) is 0 Å². The number of amides is 1. The second-order valence-corrected chi connectivity index (χ2v) is 4.61. The number of aryl methyl sites for hydroxylation is 1. The molecule has 0 fully saturated rings. The monoisotopic (exact) mass is 874 g/mol. The van der Waals surface area contributed by atoms with Crippen molar-refractivity contribution in [3.63, 3.8) is 0 Å². The number of aromatic nitrogens is 2. The third-order valence-corrected chi connectivity index (χ3v) is 3.26. The van der Waals surface area contributed by atoms with Crippen molar-refractivity contribution in [2.24, 2.45) is 0 Å². The fraction of sp³-hybridized carbons (Fsp3) is 0.100. The molecule has 0 saturated carbocycles. The molecule has 3 heterocycles. The Kier molecular flexibility index (Phi) is 11.2. The minimum absolute atomic E-state index is 0. The predicted octanol–water partition coefficient (Wildman–Crippen LogP) is 1.82. The van der Waals surface area contributed by atoms with Gasteiger partial charge < -0.3 is 19.9 Å². The van der Waals surface area contributed by atoms with Gasteiger partial charge in [0, 0.05) is 106 Å². The van der Waals surface area contributed by atoms with E-state index in [-0.39, 0.29) is 108 Å². The summed E-state index contributed by atoms with van der Waals surface area (Å²) in [4.78, 5) is 13.3. The van der Waals surface area contributed by atoms with Crippen LogP contribution in [0.5, 0.6) is 0 Å². The van der Waals surface area contributed by atoms with Crippen molar-refractivity contribution in [3.05, 3.63) is 23.7 Å². The molecule has 103 valence electrons. The van der Waals surface area contributed by atoms with Crippen molar-refractivity contribution in [2.75, 3.05) is 0 Å². The zero-order chi connectivity index (χ0) is 11.3.